The summed E-state index contributed by atoms with van der Waals surface area (Å²) in [7, 11) is 0. The predicted octanol–water partition coefficient (Wildman–Crippen LogP) is 6.84. The van der Waals surface area contributed by atoms with E-state index in [2.05, 4.69) is 44.6 Å². The first kappa shape index (κ1) is 26.8. The number of benzene rings is 1. The van der Waals surface area contributed by atoms with E-state index in [1.807, 2.05) is 6.92 Å². The van der Waals surface area contributed by atoms with E-state index in [1.165, 1.54) is 17.7 Å². The summed E-state index contributed by atoms with van der Waals surface area (Å²) in [5, 5.41) is 3.29. The maximum atomic E-state index is 13.2. The van der Waals surface area contributed by atoms with Crippen LogP contribution in [-0.2, 0) is 4.79 Å². The van der Waals surface area contributed by atoms with Gasteiger partial charge in [-0.15, -0.1) is 0 Å². The number of halogens is 1. The maximum absolute atomic E-state index is 13.2. The summed E-state index contributed by atoms with van der Waals surface area (Å²) in [5.41, 5.74) is 9.70. The van der Waals surface area contributed by atoms with Gasteiger partial charge in [0.05, 0.1) is 5.69 Å². The van der Waals surface area contributed by atoms with Crippen molar-refractivity contribution in [2.75, 3.05) is 0 Å². The number of rotatable bonds is 11. The monoisotopic (exact) mass is 455 g/mol. The van der Waals surface area contributed by atoms with Crippen molar-refractivity contribution in [3.8, 4) is 0 Å². The van der Waals surface area contributed by atoms with E-state index >= 15 is 0 Å². The van der Waals surface area contributed by atoms with Crippen LogP contribution in [0.15, 0.2) is 53.2 Å². The van der Waals surface area contributed by atoms with Crippen LogP contribution in [0.1, 0.15) is 79.6 Å². The van der Waals surface area contributed by atoms with Gasteiger partial charge in [0.15, 0.2) is 0 Å². The number of hydrogen-bond acceptors (Lipinski definition) is 3. The zero-order valence-corrected chi connectivity index (χ0v) is 21.1. The minimum absolute atomic E-state index is 0.112. The van der Waals surface area contributed by atoms with Crippen LogP contribution in [0.2, 0.25) is 0 Å². The molecule has 1 fully saturated rings. The number of carbonyl (C=O) groups excluding carboxylic acids is 1. The van der Waals surface area contributed by atoms with Gasteiger partial charge in [-0.25, -0.2) is 4.39 Å². The van der Waals surface area contributed by atoms with Crippen molar-refractivity contribution >= 4 is 17.3 Å². The lowest BCUT2D eigenvalue weighted by molar-refractivity contribution is -0.122. The quantitative estimate of drug-likeness (QED) is 0.283. The highest BCUT2D eigenvalue weighted by molar-refractivity contribution is 5.99. The zero-order chi connectivity index (χ0) is 24.6. The molecule has 1 aromatic rings. The van der Waals surface area contributed by atoms with E-state index in [4.69, 9.17) is 5.73 Å². The Labute approximate surface area is 199 Å². The minimum Gasteiger partial charge on any atom is -0.404 e. The molecular weight excluding hydrogens is 413 g/mol. The second-order valence-corrected chi connectivity index (χ2v) is 10.2. The van der Waals surface area contributed by atoms with Crippen molar-refractivity contribution in [2.24, 2.45) is 28.0 Å². The average molecular weight is 456 g/mol. The standard InChI is InChI=1S/C28H42FN3O/c1-7-8-26(32-27(33)15-19(2)3)16-23-10-9-20(4)28(23,6)17-22(18-30)21(5)31-25-13-11-24(29)12-14-25/h11-14,18-19,23,26H,4,7-10,15-17,30H2,1-3,5-6H3,(H,32,33)/t23-,26?,28+/m1/s1. The molecule has 0 spiro atoms. The van der Waals surface area contributed by atoms with Crippen molar-refractivity contribution in [1.29, 1.82) is 0 Å². The van der Waals surface area contributed by atoms with Crippen molar-refractivity contribution < 1.29 is 9.18 Å². The third-order valence-electron chi connectivity index (χ3n) is 7.02. The van der Waals surface area contributed by atoms with Crippen LogP contribution in [0.5, 0.6) is 0 Å². The number of amides is 1. The molecule has 0 aliphatic heterocycles. The second-order valence-electron chi connectivity index (χ2n) is 10.2. The highest BCUT2D eigenvalue weighted by Crippen LogP contribution is 2.52. The predicted molar refractivity (Wildman–Crippen MR) is 137 cm³/mol. The molecular formula is C28H42FN3O. The zero-order valence-electron chi connectivity index (χ0n) is 21.1. The van der Waals surface area contributed by atoms with E-state index in [0.717, 1.165) is 49.8 Å². The van der Waals surface area contributed by atoms with Gasteiger partial charge in [-0.1, -0.05) is 46.3 Å². The molecule has 1 unspecified atom stereocenters. The van der Waals surface area contributed by atoms with Crippen molar-refractivity contribution in [3.63, 3.8) is 0 Å². The third kappa shape index (κ3) is 7.55. The molecule has 2 rings (SSSR count). The molecule has 0 aromatic heterocycles. The lowest BCUT2D eigenvalue weighted by atomic mass is 9.70. The fraction of sp³-hybridized carbons (Fsp3) is 0.571. The fourth-order valence-electron chi connectivity index (χ4n) is 4.97. The summed E-state index contributed by atoms with van der Waals surface area (Å²) in [5.74, 6) is 0.631. The second kappa shape index (κ2) is 12.2. The topological polar surface area (TPSA) is 67.5 Å². The van der Waals surface area contributed by atoms with Crippen LogP contribution >= 0.6 is 0 Å². The molecule has 3 N–H and O–H groups in total. The van der Waals surface area contributed by atoms with Crippen molar-refractivity contribution in [1.82, 2.24) is 5.32 Å². The van der Waals surface area contributed by atoms with E-state index < -0.39 is 0 Å². The highest BCUT2D eigenvalue weighted by Gasteiger charge is 2.43. The Morgan fingerprint density at radius 2 is 2.03 bits per heavy atom. The van der Waals surface area contributed by atoms with Crippen molar-refractivity contribution in [2.45, 2.75) is 85.6 Å². The number of hydrogen-bond donors (Lipinski definition) is 2. The summed E-state index contributed by atoms with van der Waals surface area (Å²) in [4.78, 5) is 17.1. The molecule has 3 atom stereocenters. The Morgan fingerprint density at radius 1 is 1.36 bits per heavy atom. The molecule has 1 saturated carbocycles. The van der Waals surface area contributed by atoms with Crippen LogP contribution in [0, 0.1) is 23.1 Å². The van der Waals surface area contributed by atoms with Gasteiger partial charge in [-0.2, -0.15) is 0 Å². The molecule has 0 bridgehead atoms. The Kier molecular flexibility index (Phi) is 9.87. The molecule has 182 valence electrons. The van der Waals surface area contributed by atoms with Gasteiger partial charge in [0.1, 0.15) is 5.82 Å². The Hall–Kier alpha value is -2.43. The van der Waals surface area contributed by atoms with Gasteiger partial charge in [0.25, 0.3) is 0 Å². The summed E-state index contributed by atoms with van der Waals surface area (Å²) in [6.07, 6.45) is 7.98. The van der Waals surface area contributed by atoms with E-state index in [-0.39, 0.29) is 23.2 Å². The Morgan fingerprint density at radius 3 is 2.61 bits per heavy atom. The van der Waals surface area contributed by atoms with E-state index in [9.17, 15) is 9.18 Å². The van der Waals surface area contributed by atoms with E-state index in [1.54, 1.807) is 18.3 Å². The minimum atomic E-state index is -0.277. The number of carbonyl (C=O) groups is 1. The Balaban J connectivity index is 2.18. The van der Waals surface area contributed by atoms with Gasteiger partial charge in [0, 0.05) is 18.2 Å². The van der Waals surface area contributed by atoms with Crippen LogP contribution in [0.25, 0.3) is 0 Å². The molecule has 4 nitrogen and oxygen atoms in total. The lowest BCUT2D eigenvalue weighted by Crippen LogP contribution is -2.39. The van der Waals surface area contributed by atoms with E-state index in [0.29, 0.717) is 23.9 Å². The SMILES string of the molecule is C=C1CC[C@H](CC(CCC)NC(=O)CC(C)C)[C@@]1(C)CC(=CN)C(C)=Nc1ccc(F)cc1. The largest absolute Gasteiger partial charge is 0.404 e. The molecule has 0 saturated heterocycles. The van der Waals surface area contributed by atoms with Gasteiger partial charge < -0.3 is 11.1 Å². The van der Waals surface area contributed by atoms with Gasteiger partial charge >= 0.3 is 0 Å². The summed E-state index contributed by atoms with van der Waals surface area (Å²) >= 11 is 0. The first-order valence-electron chi connectivity index (χ1n) is 12.3. The molecule has 5 heteroatoms. The average Bonchev–Trinajstić information content (AvgIpc) is 3.01. The molecule has 0 radical (unpaired) electrons. The molecule has 1 aromatic carbocycles. The molecule has 1 aliphatic rings. The van der Waals surface area contributed by atoms with Gasteiger partial charge in [0.2, 0.25) is 5.91 Å². The molecule has 33 heavy (non-hydrogen) atoms. The summed E-state index contributed by atoms with van der Waals surface area (Å²) < 4.78 is 13.2. The number of nitrogens with one attached hydrogen (secondary N) is 1. The van der Waals surface area contributed by atoms with Crippen LogP contribution < -0.4 is 11.1 Å². The van der Waals surface area contributed by atoms with Crippen molar-refractivity contribution in [3.05, 3.63) is 54.0 Å². The van der Waals surface area contributed by atoms with Crippen LogP contribution in [-0.4, -0.2) is 17.7 Å². The number of aliphatic imine (C=N–C) groups is 1. The van der Waals surface area contributed by atoms with Gasteiger partial charge in [-0.05, 0) is 92.3 Å². The first-order chi connectivity index (χ1) is 15.6. The summed E-state index contributed by atoms with van der Waals surface area (Å²) in [6.45, 7) is 15.0. The lowest BCUT2D eigenvalue weighted by Gasteiger charge is -2.36. The summed E-state index contributed by atoms with van der Waals surface area (Å²) in [6, 6.07) is 6.34. The highest BCUT2D eigenvalue weighted by atomic mass is 19.1. The third-order valence-corrected chi connectivity index (χ3v) is 7.02. The molecule has 1 aliphatic carbocycles. The van der Waals surface area contributed by atoms with Crippen LogP contribution in [0.3, 0.4) is 0 Å². The number of nitrogens with zero attached hydrogens (tertiary/aromatic N) is 1. The first-order valence-corrected chi connectivity index (χ1v) is 12.3. The number of nitrogens with two attached hydrogens (primary N) is 1. The number of allylic oxidation sites excluding steroid dienone is 2. The van der Waals surface area contributed by atoms with Crippen LogP contribution in [0.4, 0.5) is 10.1 Å². The smallest absolute Gasteiger partial charge is 0.220 e. The maximum Gasteiger partial charge on any atom is 0.220 e. The molecule has 0 heterocycles. The van der Waals surface area contributed by atoms with Gasteiger partial charge in [-0.3, -0.25) is 9.79 Å². The molecule has 1 amide bonds. The fourth-order valence-corrected chi connectivity index (χ4v) is 4.97. The normalized spacial score (nSPS) is 22.6. The Bertz CT molecular complexity index is 872.